The maximum atomic E-state index is 6.08. The molecule has 2 aliphatic heterocycles. The van der Waals surface area contributed by atoms with Crippen LogP contribution in [0.2, 0.25) is 5.02 Å². The first kappa shape index (κ1) is 20.7. The standard InChI is InChI=1S/C18H26ClN3O2.HI/c1-3-20-18(22-15-10-14-7-8-16(15)24-14)21-11-17(23-2)12-5-4-6-13(19)9-12;/h4-6,9,14-17H,3,7-8,10-11H2,1-2H3,(H2,20,21,22);1H. The molecule has 1 aromatic carbocycles. The molecule has 0 amide bonds. The zero-order chi connectivity index (χ0) is 16.9. The average molecular weight is 480 g/mol. The molecule has 25 heavy (non-hydrogen) atoms. The number of methoxy groups -OCH3 is 1. The predicted molar refractivity (Wildman–Crippen MR) is 112 cm³/mol. The number of nitrogens with zero attached hydrogens (tertiary/aromatic N) is 1. The Balaban J connectivity index is 0.00000225. The number of hydrogen-bond donors (Lipinski definition) is 2. The molecule has 2 aliphatic rings. The van der Waals surface area contributed by atoms with E-state index in [2.05, 4.69) is 17.6 Å². The lowest BCUT2D eigenvalue weighted by Gasteiger charge is -2.23. The number of ether oxygens (including phenoxy) is 2. The van der Waals surface area contributed by atoms with Gasteiger partial charge in [-0.2, -0.15) is 0 Å². The number of hydrogen-bond acceptors (Lipinski definition) is 3. The maximum Gasteiger partial charge on any atom is 0.191 e. The van der Waals surface area contributed by atoms with Gasteiger partial charge >= 0.3 is 0 Å². The number of guanidine groups is 1. The second-order valence-corrected chi connectivity index (χ2v) is 6.80. The quantitative estimate of drug-likeness (QED) is 0.372. The van der Waals surface area contributed by atoms with Crippen molar-refractivity contribution in [3.05, 3.63) is 34.9 Å². The van der Waals surface area contributed by atoms with Crippen molar-refractivity contribution in [2.75, 3.05) is 20.2 Å². The van der Waals surface area contributed by atoms with Crippen molar-refractivity contribution in [2.24, 2.45) is 4.99 Å². The molecule has 0 radical (unpaired) electrons. The normalized spacial score (nSPS) is 26.2. The van der Waals surface area contributed by atoms with Gasteiger partial charge in [0.15, 0.2) is 5.96 Å². The summed E-state index contributed by atoms with van der Waals surface area (Å²) in [5, 5.41) is 7.55. The lowest BCUT2D eigenvalue weighted by molar-refractivity contribution is 0.0991. The van der Waals surface area contributed by atoms with Gasteiger partial charge in [-0.1, -0.05) is 23.7 Å². The Kier molecular flexibility index (Phi) is 8.25. The molecule has 0 spiro atoms. The monoisotopic (exact) mass is 479 g/mol. The highest BCUT2D eigenvalue weighted by molar-refractivity contribution is 14.0. The molecular weight excluding hydrogens is 453 g/mol. The molecule has 4 unspecified atom stereocenters. The van der Waals surface area contributed by atoms with E-state index < -0.39 is 0 Å². The maximum absolute atomic E-state index is 6.08. The minimum Gasteiger partial charge on any atom is -0.375 e. The number of rotatable bonds is 6. The molecule has 0 aliphatic carbocycles. The fourth-order valence-electron chi connectivity index (χ4n) is 3.48. The van der Waals surface area contributed by atoms with Gasteiger partial charge in [0.25, 0.3) is 0 Å². The second-order valence-electron chi connectivity index (χ2n) is 6.36. The minimum absolute atomic E-state index is 0. The summed E-state index contributed by atoms with van der Waals surface area (Å²) >= 11 is 6.08. The highest BCUT2D eigenvalue weighted by Crippen LogP contribution is 2.34. The van der Waals surface area contributed by atoms with Crippen LogP contribution in [0.25, 0.3) is 0 Å². The van der Waals surface area contributed by atoms with Gasteiger partial charge in [-0.15, -0.1) is 24.0 Å². The Morgan fingerprint density at radius 3 is 2.88 bits per heavy atom. The van der Waals surface area contributed by atoms with E-state index in [0.29, 0.717) is 29.8 Å². The van der Waals surface area contributed by atoms with Crippen LogP contribution in [-0.2, 0) is 9.47 Å². The Morgan fingerprint density at radius 1 is 1.44 bits per heavy atom. The Hall–Kier alpha value is -0.570. The molecule has 7 heteroatoms. The van der Waals surface area contributed by atoms with Gasteiger partial charge in [-0.05, 0) is 43.9 Å². The topological polar surface area (TPSA) is 54.9 Å². The van der Waals surface area contributed by atoms with E-state index >= 15 is 0 Å². The van der Waals surface area contributed by atoms with E-state index in [1.807, 2.05) is 24.3 Å². The zero-order valence-electron chi connectivity index (χ0n) is 14.7. The van der Waals surface area contributed by atoms with Gasteiger partial charge in [0.05, 0.1) is 24.8 Å². The van der Waals surface area contributed by atoms with Crippen molar-refractivity contribution < 1.29 is 9.47 Å². The Morgan fingerprint density at radius 2 is 2.28 bits per heavy atom. The first-order valence-corrected chi connectivity index (χ1v) is 9.06. The highest BCUT2D eigenvalue weighted by atomic mass is 127. The van der Waals surface area contributed by atoms with Gasteiger partial charge in [0.1, 0.15) is 6.10 Å². The number of benzene rings is 1. The predicted octanol–water partition coefficient (Wildman–Crippen LogP) is 3.52. The fourth-order valence-corrected chi connectivity index (χ4v) is 3.68. The number of fused-ring (bicyclic) bond motifs is 2. The third kappa shape index (κ3) is 5.45. The van der Waals surface area contributed by atoms with Crippen molar-refractivity contribution in [1.82, 2.24) is 10.6 Å². The molecule has 2 fully saturated rings. The third-order valence-electron chi connectivity index (χ3n) is 4.69. The summed E-state index contributed by atoms with van der Waals surface area (Å²) in [6.07, 6.45) is 4.04. The molecule has 0 aromatic heterocycles. The third-order valence-corrected chi connectivity index (χ3v) is 4.93. The summed E-state index contributed by atoms with van der Waals surface area (Å²) in [5.74, 6) is 0.822. The van der Waals surface area contributed by atoms with Gasteiger partial charge in [0, 0.05) is 18.7 Å². The van der Waals surface area contributed by atoms with Gasteiger partial charge < -0.3 is 20.1 Å². The van der Waals surface area contributed by atoms with E-state index in [9.17, 15) is 0 Å². The van der Waals surface area contributed by atoms with Crippen LogP contribution in [0.3, 0.4) is 0 Å². The summed E-state index contributed by atoms with van der Waals surface area (Å²) in [7, 11) is 1.70. The van der Waals surface area contributed by atoms with Crippen LogP contribution < -0.4 is 10.6 Å². The molecule has 2 saturated heterocycles. The van der Waals surface area contributed by atoms with Crippen molar-refractivity contribution in [1.29, 1.82) is 0 Å². The smallest absolute Gasteiger partial charge is 0.191 e. The molecular formula is C18H27ClIN3O2. The number of nitrogens with one attached hydrogen (secondary N) is 2. The number of halogens is 2. The molecule has 1 aromatic rings. The van der Waals surface area contributed by atoms with Crippen LogP contribution in [0.15, 0.2) is 29.3 Å². The van der Waals surface area contributed by atoms with E-state index in [-0.39, 0.29) is 30.1 Å². The molecule has 2 N–H and O–H groups in total. The van der Waals surface area contributed by atoms with Crippen molar-refractivity contribution in [3.8, 4) is 0 Å². The molecule has 4 atom stereocenters. The fraction of sp³-hybridized carbons (Fsp3) is 0.611. The summed E-state index contributed by atoms with van der Waals surface area (Å²) in [6.45, 7) is 3.43. The first-order chi connectivity index (χ1) is 11.7. The van der Waals surface area contributed by atoms with E-state index in [4.69, 9.17) is 26.1 Å². The first-order valence-electron chi connectivity index (χ1n) is 8.68. The summed E-state index contributed by atoms with van der Waals surface area (Å²) in [5.41, 5.74) is 1.04. The lowest BCUT2D eigenvalue weighted by Crippen LogP contribution is -2.47. The molecule has 140 valence electrons. The Bertz CT molecular complexity index is 587. The van der Waals surface area contributed by atoms with Crippen molar-refractivity contribution in [2.45, 2.75) is 50.5 Å². The zero-order valence-corrected chi connectivity index (χ0v) is 17.8. The lowest BCUT2D eigenvalue weighted by atomic mass is 9.96. The van der Waals surface area contributed by atoms with Gasteiger partial charge in [0.2, 0.25) is 0 Å². The number of aliphatic imine (C=N–C) groups is 1. The van der Waals surface area contributed by atoms with Crippen molar-refractivity contribution in [3.63, 3.8) is 0 Å². The van der Waals surface area contributed by atoms with E-state index in [1.54, 1.807) is 7.11 Å². The van der Waals surface area contributed by atoms with E-state index in [0.717, 1.165) is 30.9 Å². The minimum atomic E-state index is -0.115. The van der Waals surface area contributed by atoms with Crippen LogP contribution >= 0.6 is 35.6 Å². The molecule has 3 rings (SSSR count). The van der Waals surface area contributed by atoms with E-state index in [1.165, 1.54) is 6.42 Å². The summed E-state index contributed by atoms with van der Waals surface area (Å²) < 4.78 is 11.5. The molecule has 2 heterocycles. The SMILES string of the molecule is CCNC(=NCC(OC)c1cccc(Cl)c1)NC1CC2CCC1O2.I. The summed E-state index contributed by atoms with van der Waals surface area (Å²) in [4.78, 5) is 4.71. The molecule has 5 nitrogen and oxygen atoms in total. The van der Waals surface area contributed by atoms with Crippen LogP contribution in [0, 0.1) is 0 Å². The van der Waals surface area contributed by atoms with Crippen LogP contribution in [0.4, 0.5) is 0 Å². The average Bonchev–Trinajstić information content (AvgIpc) is 3.18. The molecule has 2 bridgehead atoms. The van der Waals surface area contributed by atoms with Crippen LogP contribution in [0.5, 0.6) is 0 Å². The Labute approximate surface area is 171 Å². The van der Waals surface area contributed by atoms with Gasteiger partial charge in [-0.25, -0.2) is 0 Å². The largest absolute Gasteiger partial charge is 0.375 e. The van der Waals surface area contributed by atoms with Crippen LogP contribution in [0.1, 0.15) is 37.9 Å². The van der Waals surface area contributed by atoms with Crippen molar-refractivity contribution >= 4 is 41.5 Å². The van der Waals surface area contributed by atoms with Gasteiger partial charge in [-0.3, -0.25) is 4.99 Å². The second kappa shape index (κ2) is 9.94. The van der Waals surface area contributed by atoms with Crippen LogP contribution in [-0.4, -0.2) is 44.4 Å². The summed E-state index contributed by atoms with van der Waals surface area (Å²) in [6, 6.07) is 8.09. The highest BCUT2D eigenvalue weighted by Gasteiger charge is 2.41. The molecule has 0 saturated carbocycles.